The highest BCUT2D eigenvalue weighted by molar-refractivity contribution is 7.13. The maximum absolute atomic E-state index is 9.79. The molecule has 5 heteroatoms. The smallest absolute Gasteiger partial charge is 0.185 e. The van der Waals surface area contributed by atoms with Gasteiger partial charge in [0.2, 0.25) is 0 Å². The minimum Gasteiger partial charge on any atom is -0.393 e. The first-order valence-corrected chi connectivity index (χ1v) is 8.52. The van der Waals surface area contributed by atoms with E-state index in [2.05, 4.69) is 34.4 Å². The highest BCUT2D eigenvalue weighted by atomic mass is 32.1. The predicted octanol–water partition coefficient (Wildman–Crippen LogP) is 2.42. The third kappa shape index (κ3) is 4.43. The van der Waals surface area contributed by atoms with Crippen LogP contribution in [0.25, 0.3) is 0 Å². The van der Waals surface area contributed by atoms with Gasteiger partial charge in [0, 0.05) is 24.5 Å². The lowest BCUT2D eigenvalue weighted by Crippen LogP contribution is -2.43. The predicted molar refractivity (Wildman–Crippen MR) is 85.6 cm³/mol. The van der Waals surface area contributed by atoms with Crippen LogP contribution in [0.2, 0.25) is 0 Å². The van der Waals surface area contributed by atoms with Gasteiger partial charge in [0.05, 0.1) is 11.8 Å². The summed E-state index contributed by atoms with van der Waals surface area (Å²) in [5.41, 5.74) is 1.12. The van der Waals surface area contributed by atoms with E-state index in [4.69, 9.17) is 0 Å². The first-order valence-electron chi connectivity index (χ1n) is 7.64. The van der Waals surface area contributed by atoms with Gasteiger partial charge < -0.3 is 15.3 Å². The molecule has 1 aliphatic rings. The maximum atomic E-state index is 9.79. The van der Waals surface area contributed by atoms with Gasteiger partial charge in [0.15, 0.2) is 5.13 Å². The van der Waals surface area contributed by atoms with Crippen molar-refractivity contribution in [3.63, 3.8) is 0 Å². The molecule has 1 unspecified atom stereocenters. The average molecular weight is 297 g/mol. The van der Waals surface area contributed by atoms with Crippen molar-refractivity contribution in [1.82, 2.24) is 10.3 Å². The first-order chi connectivity index (χ1) is 9.56. The van der Waals surface area contributed by atoms with E-state index in [1.54, 1.807) is 11.3 Å². The molecular formula is C15H27N3OS. The Kier molecular flexibility index (Phi) is 5.81. The molecule has 0 aromatic carbocycles. The topological polar surface area (TPSA) is 48.4 Å². The van der Waals surface area contributed by atoms with Crippen LogP contribution in [0, 0.1) is 12.8 Å². The van der Waals surface area contributed by atoms with E-state index in [0.717, 1.165) is 49.7 Å². The van der Waals surface area contributed by atoms with Crippen molar-refractivity contribution < 1.29 is 5.11 Å². The second-order valence-corrected chi connectivity index (χ2v) is 6.92. The minimum absolute atomic E-state index is 0.180. The SMILES string of the molecule is Cc1csc(N2CCC(NCCC(O)C(C)C)CC2)n1. The average Bonchev–Trinajstić information content (AvgIpc) is 2.86. The molecule has 0 radical (unpaired) electrons. The number of rotatable bonds is 6. The highest BCUT2D eigenvalue weighted by Crippen LogP contribution is 2.23. The molecule has 0 bridgehead atoms. The molecule has 2 rings (SSSR count). The van der Waals surface area contributed by atoms with Crippen molar-refractivity contribution in [1.29, 1.82) is 0 Å². The van der Waals surface area contributed by atoms with Crippen molar-refractivity contribution in [2.75, 3.05) is 24.5 Å². The summed E-state index contributed by atoms with van der Waals surface area (Å²) in [5, 5.41) is 16.7. The van der Waals surface area contributed by atoms with Crippen LogP contribution in [-0.4, -0.2) is 41.9 Å². The van der Waals surface area contributed by atoms with Gasteiger partial charge in [0.25, 0.3) is 0 Å². The number of aliphatic hydroxyl groups excluding tert-OH is 1. The lowest BCUT2D eigenvalue weighted by molar-refractivity contribution is 0.114. The second kappa shape index (κ2) is 7.38. The van der Waals surface area contributed by atoms with Crippen molar-refractivity contribution in [3.8, 4) is 0 Å². The summed E-state index contributed by atoms with van der Waals surface area (Å²) in [5.74, 6) is 0.354. The Labute approximate surface area is 126 Å². The summed E-state index contributed by atoms with van der Waals surface area (Å²) in [4.78, 5) is 6.94. The number of hydrogen-bond donors (Lipinski definition) is 2. The van der Waals surface area contributed by atoms with Crippen LogP contribution in [0.3, 0.4) is 0 Å². The summed E-state index contributed by atoms with van der Waals surface area (Å²) < 4.78 is 0. The molecule has 1 atom stereocenters. The number of piperidine rings is 1. The van der Waals surface area contributed by atoms with E-state index in [9.17, 15) is 5.11 Å². The molecule has 4 nitrogen and oxygen atoms in total. The van der Waals surface area contributed by atoms with Crippen LogP contribution in [0.4, 0.5) is 5.13 Å². The quantitative estimate of drug-likeness (QED) is 0.846. The third-order valence-electron chi connectivity index (χ3n) is 4.02. The van der Waals surface area contributed by atoms with Crippen LogP contribution in [0.15, 0.2) is 5.38 Å². The number of nitrogens with zero attached hydrogens (tertiary/aromatic N) is 2. The Morgan fingerprint density at radius 2 is 2.15 bits per heavy atom. The number of aromatic nitrogens is 1. The molecule has 1 aliphatic heterocycles. The van der Waals surface area contributed by atoms with Crippen molar-refractivity contribution >= 4 is 16.5 Å². The fourth-order valence-corrected chi connectivity index (χ4v) is 3.39. The van der Waals surface area contributed by atoms with Gasteiger partial charge in [-0.1, -0.05) is 13.8 Å². The zero-order chi connectivity index (χ0) is 14.5. The fraction of sp³-hybridized carbons (Fsp3) is 0.800. The Bertz CT molecular complexity index is 400. The van der Waals surface area contributed by atoms with Gasteiger partial charge in [-0.2, -0.15) is 0 Å². The summed E-state index contributed by atoms with van der Waals surface area (Å²) in [7, 11) is 0. The van der Waals surface area contributed by atoms with E-state index in [1.807, 2.05) is 6.92 Å². The molecular weight excluding hydrogens is 270 g/mol. The van der Waals surface area contributed by atoms with E-state index in [-0.39, 0.29) is 6.10 Å². The second-order valence-electron chi connectivity index (χ2n) is 6.09. The maximum Gasteiger partial charge on any atom is 0.185 e. The summed E-state index contributed by atoms with van der Waals surface area (Å²) in [6.07, 6.45) is 3.00. The highest BCUT2D eigenvalue weighted by Gasteiger charge is 2.20. The van der Waals surface area contributed by atoms with Crippen molar-refractivity contribution in [2.24, 2.45) is 5.92 Å². The summed E-state index contributed by atoms with van der Waals surface area (Å²) in [6, 6.07) is 0.590. The lowest BCUT2D eigenvalue weighted by atomic mass is 10.0. The van der Waals surface area contributed by atoms with Crippen LogP contribution in [0.1, 0.15) is 38.8 Å². The number of aliphatic hydroxyl groups is 1. The van der Waals surface area contributed by atoms with Crippen LogP contribution < -0.4 is 10.2 Å². The largest absolute Gasteiger partial charge is 0.393 e. The van der Waals surface area contributed by atoms with Crippen molar-refractivity contribution in [3.05, 3.63) is 11.1 Å². The van der Waals surface area contributed by atoms with E-state index in [0.29, 0.717) is 12.0 Å². The van der Waals surface area contributed by atoms with E-state index >= 15 is 0 Å². The van der Waals surface area contributed by atoms with Gasteiger partial charge in [-0.25, -0.2) is 4.98 Å². The molecule has 2 N–H and O–H groups in total. The number of thiazole rings is 1. The minimum atomic E-state index is -0.180. The molecule has 0 amide bonds. The molecule has 1 aromatic rings. The Morgan fingerprint density at radius 1 is 1.45 bits per heavy atom. The Balaban J connectivity index is 1.67. The van der Waals surface area contributed by atoms with Gasteiger partial charge in [-0.15, -0.1) is 11.3 Å². The lowest BCUT2D eigenvalue weighted by Gasteiger charge is -2.32. The molecule has 1 aromatic heterocycles. The zero-order valence-electron chi connectivity index (χ0n) is 12.8. The van der Waals surface area contributed by atoms with Gasteiger partial charge >= 0.3 is 0 Å². The molecule has 0 aliphatic carbocycles. The Hall–Kier alpha value is -0.650. The molecule has 0 spiro atoms. The summed E-state index contributed by atoms with van der Waals surface area (Å²) >= 11 is 1.74. The zero-order valence-corrected chi connectivity index (χ0v) is 13.6. The van der Waals surface area contributed by atoms with Crippen molar-refractivity contribution in [2.45, 2.75) is 52.2 Å². The van der Waals surface area contributed by atoms with E-state index < -0.39 is 0 Å². The van der Waals surface area contributed by atoms with Gasteiger partial charge in [-0.05, 0) is 38.6 Å². The molecule has 1 fully saturated rings. The third-order valence-corrected chi connectivity index (χ3v) is 5.03. The Morgan fingerprint density at radius 3 is 2.70 bits per heavy atom. The standard InChI is InChI=1S/C15H27N3OS/c1-11(2)14(19)4-7-16-13-5-8-18(9-6-13)15-17-12(3)10-20-15/h10-11,13-14,16,19H,4-9H2,1-3H3. The monoisotopic (exact) mass is 297 g/mol. The normalized spacial score (nSPS) is 18.8. The molecule has 2 heterocycles. The number of anilines is 1. The van der Waals surface area contributed by atoms with Crippen LogP contribution in [0.5, 0.6) is 0 Å². The summed E-state index contributed by atoms with van der Waals surface area (Å²) in [6.45, 7) is 9.27. The van der Waals surface area contributed by atoms with Crippen LogP contribution in [-0.2, 0) is 0 Å². The first kappa shape index (κ1) is 15.7. The number of hydrogen-bond acceptors (Lipinski definition) is 5. The van der Waals surface area contributed by atoms with E-state index in [1.165, 1.54) is 0 Å². The number of aryl methyl sites for hydroxylation is 1. The number of nitrogens with one attached hydrogen (secondary N) is 1. The van der Waals surface area contributed by atoms with Gasteiger partial charge in [0.1, 0.15) is 0 Å². The molecule has 114 valence electrons. The van der Waals surface area contributed by atoms with Gasteiger partial charge in [-0.3, -0.25) is 0 Å². The fourth-order valence-electron chi connectivity index (χ4n) is 2.53. The molecule has 0 saturated carbocycles. The molecule has 1 saturated heterocycles. The molecule has 20 heavy (non-hydrogen) atoms. The van der Waals surface area contributed by atoms with Crippen LogP contribution >= 0.6 is 11.3 Å².